The molecule has 1 amide bonds. The van der Waals surface area contributed by atoms with E-state index in [1.54, 1.807) is 20.8 Å². The molecule has 0 bridgehead atoms. The van der Waals surface area contributed by atoms with E-state index in [1.807, 2.05) is 0 Å². The molecule has 136 valence electrons. The molecule has 9 nitrogen and oxygen atoms in total. The maximum atomic E-state index is 12.4. The highest BCUT2D eigenvalue weighted by atomic mass is 16.6. The van der Waals surface area contributed by atoms with Gasteiger partial charge in [0.1, 0.15) is 11.6 Å². The zero-order valence-corrected chi connectivity index (χ0v) is 14.4. The number of carbonyl (C=O) groups is 2. The summed E-state index contributed by atoms with van der Waals surface area (Å²) < 4.78 is 10.0. The van der Waals surface area contributed by atoms with Crippen molar-refractivity contribution in [2.75, 3.05) is 7.11 Å². The number of hydrogen-bond acceptors (Lipinski definition) is 7. The lowest BCUT2D eigenvalue weighted by atomic mass is 9.92. The van der Waals surface area contributed by atoms with Crippen molar-refractivity contribution in [2.45, 2.75) is 45.4 Å². The summed E-state index contributed by atoms with van der Waals surface area (Å²) in [7, 11) is 1.18. The summed E-state index contributed by atoms with van der Waals surface area (Å²) in [6, 6.07) is 1.58. The van der Waals surface area contributed by atoms with Crippen LogP contribution in [0.4, 0.5) is 10.5 Å². The van der Waals surface area contributed by atoms with Gasteiger partial charge in [0.2, 0.25) is 0 Å². The van der Waals surface area contributed by atoms with Gasteiger partial charge in [0, 0.05) is 18.1 Å². The highest BCUT2D eigenvalue weighted by Crippen LogP contribution is 2.37. The Labute approximate surface area is 144 Å². The number of esters is 1. The molecule has 9 heteroatoms. The van der Waals surface area contributed by atoms with Crippen LogP contribution in [0.25, 0.3) is 0 Å². The maximum Gasteiger partial charge on any atom is 0.411 e. The van der Waals surface area contributed by atoms with E-state index >= 15 is 0 Å². The van der Waals surface area contributed by atoms with E-state index in [4.69, 9.17) is 9.47 Å². The lowest BCUT2D eigenvalue weighted by Crippen LogP contribution is -2.50. The Morgan fingerprint density at radius 1 is 1.36 bits per heavy atom. The monoisotopic (exact) mass is 352 g/mol. The first-order valence-corrected chi connectivity index (χ1v) is 7.60. The van der Waals surface area contributed by atoms with Crippen molar-refractivity contribution in [1.82, 2.24) is 4.90 Å². The largest absolute Gasteiger partial charge is 0.502 e. The van der Waals surface area contributed by atoms with Crippen LogP contribution in [0.5, 0.6) is 5.75 Å². The third-order valence-electron chi connectivity index (χ3n) is 3.77. The van der Waals surface area contributed by atoms with Gasteiger partial charge in [-0.2, -0.15) is 0 Å². The molecule has 1 aliphatic rings. The van der Waals surface area contributed by atoms with Crippen LogP contribution in [-0.4, -0.2) is 45.7 Å². The van der Waals surface area contributed by atoms with Crippen molar-refractivity contribution in [3.05, 3.63) is 33.4 Å². The third-order valence-corrected chi connectivity index (χ3v) is 3.77. The Hall–Kier alpha value is -2.84. The molecule has 0 radical (unpaired) electrons. The molecular weight excluding hydrogens is 332 g/mol. The van der Waals surface area contributed by atoms with Gasteiger partial charge in [0.15, 0.2) is 5.75 Å². The number of amides is 1. The fraction of sp³-hybridized carbons (Fsp3) is 0.500. The van der Waals surface area contributed by atoms with Gasteiger partial charge in [-0.25, -0.2) is 9.59 Å². The van der Waals surface area contributed by atoms with Crippen molar-refractivity contribution < 1.29 is 29.1 Å². The Morgan fingerprint density at radius 2 is 2.00 bits per heavy atom. The van der Waals surface area contributed by atoms with Gasteiger partial charge in [0.25, 0.3) is 0 Å². The van der Waals surface area contributed by atoms with Gasteiger partial charge in [-0.3, -0.25) is 15.0 Å². The topological polar surface area (TPSA) is 119 Å². The van der Waals surface area contributed by atoms with Crippen molar-refractivity contribution in [3.8, 4) is 5.75 Å². The number of rotatable bonds is 2. The summed E-state index contributed by atoms with van der Waals surface area (Å²) in [6.07, 6.45) is -0.805. The second kappa shape index (κ2) is 6.58. The molecule has 0 saturated heterocycles. The quantitative estimate of drug-likeness (QED) is 0.492. The molecule has 0 fully saturated rings. The number of aromatic hydroxyl groups is 1. The Bertz CT molecular complexity index is 724. The first-order chi connectivity index (χ1) is 11.5. The fourth-order valence-electron chi connectivity index (χ4n) is 2.65. The summed E-state index contributed by atoms with van der Waals surface area (Å²) >= 11 is 0. The van der Waals surface area contributed by atoms with Crippen LogP contribution >= 0.6 is 0 Å². The Kier molecular flexibility index (Phi) is 4.87. The lowest BCUT2D eigenvalue weighted by Gasteiger charge is -2.36. The predicted molar refractivity (Wildman–Crippen MR) is 86.0 cm³/mol. The Morgan fingerprint density at radius 3 is 2.52 bits per heavy atom. The third kappa shape index (κ3) is 3.81. The summed E-state index contributed by atoms with van der Waals surface area (Å²) in [6.45, 7) is 5.07. The molecule has 25 heavy (non-hydrogen) atoms. The van der Waals surface area contributed by atoms with E-state index in [2.05, 4.69) is 0 Å². The number of carbonyl (C=O) groups excluding carboxylic acids is 2. The lowest BCUT2D eigenvalue weighted by molar-refractivity contribution is -0.386. The zero-order valence-electron chi connectivity index (χ0n) is 14.4. The minimum atomic E-state index is -1.04. The fourth-order valence-corrected chi connectivity index (χ4v) is 2.65. The number of benzene rings is 1. The highest BCUT2D eigenvalue weighted by Gasteiger charge is 2.39. The minimum Gasteiger partial charge on any atom is -0.502 e. The van der Waals surface area contributed by atoms with Crippen LogP contribution in [0.3, 0.4) is 0 Å². The van der Waals surface area contributed by atoms with Crippen molar-refractivity contribution >= 4 is 17.7 Å². The molecule has 0 spiro atoms. The highest BCUT2D eigenvalue weighted by molar-refractivity contribution is 5.83. The number of methoxy groups -OCH3 is 1. The number of hydrogen-bond donors (Lipinski definition) is 1. The molecule has 1 aliphatic heterocycles. The first-order valence-electron chi connectivity index (χ1n) is 7.60. The van der Waals surface area contributed by atoms with E-state index < -0.39 is 40.1 Å². The average molecular weight is 352 g/mol. The van der Waals surface area contributed by atoms with Gasteiger partial charge in [-0.05, 0) is 32.4 Å². The summed E-state index contributed by atoms with van der Waals surface area (Å²) in [5.74, 6) is -1.19. The molecule has 0 aliphatic carbocycles. The average Bonchev–Trinajstić information content (AvgIpc) is 2.51. The molecule has 1 N–H and O–H groups in total. The van der Waals surface area contributed by atoms with E-state index in [0.717, 1.165) is 0 Å². The second-order valence-corrected chi connectivity index (χ2v) is 6.68. The number of phenolic OH excluding ortho intramolecular Hbond substituents is 1. The van der Waals surface area contributed by atoms with Gasteiger partial charge >= 0.3 is 17.7 Å². The Balaban J connectivity index is 2.44. The molecule has 1 aromatic rings. The number of nitro benzene ring substituents is 1. The molecule has 0 saturated carbocycles. The molecule has 1 unspecified atom stereocenters. The standard InChI is InChI=1S/C16H20N2O7/c1-16(2,3)25-15(21)17-8-9-5-6-11(18(22)23)13(19)10(9)7-12(17)14(20)24-4/h5-6,12,19H,7-8H2,1-4H3. The minimum absolute atomic E-state index is 0.0322. The van der Waals surface area contributed by atoms with Gasteiger partial charge in [-0.15, -0.1) is 0 Å². The van der Waals surface area contributed by atoms with Crippen molar-refractivity contribution in [1.29, 1.82) is 0 Å². The summed E-state index contributed by atoms with van der Waals surface area (Å²) in [5.41, 5.74) is -0.443. The van der Waals surface area contributed by atoms with Crippen LogP contribution in [0.15, 0.2) is 12.1 Å². The van der Waals surface area contributed by atoms with E-state index in [1.165, 1.54) is 24.1 Å². The van der Waals surface area contributed by atoms with Crippen molar-refractivity contribution in [2.24, 2.45) is 0 Å². The van der Waals surface area contributed by atoms with E-state index in [9.17, 15) is 24.8 Å². The van der Waals surface area contributed by atoms with Crippen molar-refractivity contribution in [3.63, 3.8) is 0 Å². The van der Waals surface area contributed by atoms with Crippen LogP contribution in [-0.2, 0) is 27.2 Å². The molecular formula is C16H20N2O7. The second-order valence-electron chi connectivity index (χ2n) is 6.68. The predicted octanol–water partition coefficient (Wildman–Crippen LogP) is 2.14. The number of nitrogens with zero attached hydrogens (tertiary/aromatic N) is 2. The van der Waals surface area contributed by atoms with Crippen LogP contribution in [0.1, 0.15) is 31.9 Å². The molecule has 1 aromatic carbocycles. The zero-order chi connectivity index (χ0) is 18.9. The van der Waals surface area contributed by atoms with Gasteiger partial charge in [-0.1, -0.05) is 0 Å². The smallest absolute Gasteiger partial charge is 0.411 e. The van der Waals surface area contributed by atoms with E-state index in [-0.39, 0.29) is 18.5 Å². The first kappa shape index (κ1) is 18.5. The normalized spacial score (nSPS) is 16.8. The van der Waals surface area contributed by atoms with Crippen LogP contribution < -0.4 is 0 Å². The summed E-state index contributed by atoms with van der Waals surface area (Å²) in [5, 5.41) is 21.1. The van der Waals surface area contributed by atoms with E-state index in [0.29, 0.717) is 5.56 Å². The molecule has 0 aromatic heterocycles. The SMILES string of the molecule is COC(=O)C1Cc2c(ccc([N+](=O)[O-])c2O)CN1C(=O)OC(C)(C)C. The molecule has 1 heterocycles. The molecule has 2 rings (SSSR count). The number of nitro groups is 1. The number of ether oxygens (including phenoxy) is 2. The molecule has 1 atom stereocenters. The van der Waals surface area contributed by atoms with Crippen LogP contribution in [0.2, 0.25) is 0 Å². The van der Waals surface area contributed by atoms with Gasteiger partial charge in [0.05, 0.1) is 18.6 Å². The van der Waals surface area contributed by atoms with Gasteiger partial charge < -0.3 is 14.6 Å². The number of fused-ring (bicyclic) bond motifs is 1. The summed E-state index contributed by atoms with van der Waals surface area (Å²) in [4.78, 5) is 36.0. The van der Waals surface area contributed by atoms with Crippen LogP contribution in [0, 0.1) is 10.1 Å². The maximum absolute atomic E-state index is 12.4. The number of phenols is 1.